The highest BCUT2D eigenvalue weighted by molar-refractivity contribution is 6.31. The van der Waals surface area contributed by atoms with Gasteiger partial charge in [0.15, 0.2) is 0 Å². The highest BCUT2D eigenvalue weighted by Crippen LogP contribution is 2.25. The number of halogens is 2. The van der Waals surface area contributed by atoms with Crippen LogP contribution in [0.3, 0.4) is 0 Å². The van der Waals surface area contributed by atoms with Gasteiger partial charge in [0.1, 0.15) is 5.82 Å². The van der Waals surface area contributed by atoms with Crippen LogP contribution in [-0.4, -0.2) is 6.54 Å². The van der Waals surface area contributed by atoms with E-state index in [0.717, 1.165) is 17.5 Å². The Bertz CT molecular complexity index is 508. The van der Waals surface area contributed by atoms with Crippen LogP contribution in [0.1, 0.15) is 5.56 Å². The van der Waals surface area contributed by atoms with Crippen molar-refractivity contribution in [2.75, 3.05) is 6.54 Å². The summed E-state index contributed by atoms with van der Waals surface area (Å²) in [5.41, 5.74) is 8.62. The summed E-state index contributed by atoms with van der Waals surface area (Å²) < 4.78 is 13.0. The van der Waals surface area contributed by atoms with Crippen molar-refractivity contribution in [1.29, 1.82) is 0 Å². The van der Waals surface area contributed by atoms with Crippen molar-refractivity contribution >= 4 is 11.6 Å². The Hall–Kier alpha value is -1.38. The van der Waals surface area contributed by atoms with Crippen LogP contribution in [0.4, 0.5) is 4.39 Å². The monoisotopic (exact) mass is 249 g/mol. The molecule has 0 atom stereocenters. The summed E-state index contributed by atoms with van der Waals surface area (Å²) in [6.45, 7) is 0.641. The van der Waals surface area contributed by atoms with E-state index in [1.165, 1.54) is 11.6 Å². The number of rotatable bonds is 3. The minimum absolute atomic E-state index is 0.147. The van der Waals surface area contributed by atoms with Crippen molar-refractivity contribution in [3.05, 3.63) is 58.9 Å². The largest absolute Gasteiger partial charge is 0.330 e. The third-order valence-electron chi connectivity index (χ3n) is 2.64. The molecule has 0 saturated carbocycles. The first kappa shape index (κ1) is 12.1. The molecule has 0 bridgehead atoms. The van der Waals surface area contributed by atoms with Gasteiger partial charge in [0, 0.05) is 0 Å². The van der Waals surface area contributed by atoms with Gasteiger partial charge in [0.25, 0.3) is 0 Å². The van der Waals surface area contributed by atoms with Gasteiger partial charge in [-0.1, -0.05) is 41.9 Å². The molecule has 0 fully saturated rings. The summed E-state index contributed by atoms with van der Waals surface area (Å²) in [6.07, 6.45) is 0.866. The highest BCUT2D eigenvalue weighted by atomic mass is 35.5. The Labute approximate surface area is 105 Å². The first-order valence-corrected chi connectivity index (χ1v) is 5.83. The van der Waals surface area contributed by atoms with Crippen LogP contribution in [-0.2, 0) is 6.42 Å². The number of nitrogens with two attached hydrogens (primary N) is 1. The van der Waals surface area contributed by atoms with Crippen LogP contribution in [0.25, 0.3) is 11.1 Å². The molecule has 0 aliphatic carbocycles. The SMILES string of the molecule is NCCc1ccc(-c2ccc(F)c(Cl)c2)cc1. The molecule has 0 heterocycles. The van der Waals surface area contributed by atoms with Crippen molar-refractivity contribution in [2.45, 2.75) is 6.42 Å². The van der Waals surface area contributed by atoms with Crippen LogP contribution in [0, 0.1) is 5.82 Å². The molecular formula is C14H13ClFN. The fourth-order valence-electron chi connectivity index (χ4n) is 1.71. The summed E-state index contributed by atoms with van der Waals surface area (Å²) in [6, 6.07) is 12.8. The maximum atomic E-state index is 13.0. The second-order valence-electron chi connectivity index (χ2n) is 3.86. The third kappa shape index (κ3) is 2.84. The minimum Gasteiger partial charge on any atom is -0.330 e. The fourth-order valence-corrected chi connectivity index (χ4v) is 1.89. The number of benzene rings is 2. The zero-order valence-electron chi connectivity index (χ0n) is 9.29. The Kier molecular flexibility index (Phi) is 3.77. The Balaban J connectivity index is 2.30. The van der Waals surface area contributed by atoms with E-state index in [9.17, 15) is 4.39 Å². The summed E-state index contributed by atoms with van der Waals surface area (Å²) in [7, 11) is 0. The first-order valence-electron chi connectivity index (χ1n) is 5.45. The van der Waals surface area contributed by atoms with Crippen LogP contribution >= 0.6 is 11.6 Å². The highest BCUT2D eigenvalue weighted by Gasteiger charge is 2.03. The molecule has 0 radical (unpaired) electrons. The molecule has 2 N–H and O–H groups in total. The summed E-state index contributed by atoms with van der Waals surface area (Å²) in [4.78, 5) is 0. The maximum absolute atomic E-state index is 13.0. The summed E-state index contributed by atoms with van der Waals surface area (Å²) >= 11 is 5.75. The molecule has 88 valence electrons. The van der Waals surface area contributed by atoms with E-state index in [0.29, 0.717) is 6.54 Å². The molecule has 0 aromatic heterocycles. The second-order valence-corrected chi connectivity index (χ2v) is 4.27. The molecule has 0 amide bonds. The molecule has 0 aliphatic heterocycles. The van der Waals surface area contributed by atoms with Gasteiger partial charge in [-0.25, -0.2) is 4.39 Å². The van der Waals surface area contributed by atoms with Crippen LogP contribution in [0.5, 0.6) is 0 Å². The molecule has 0 aliphatic rings. The average molecular weight is 250 g/mol. The van der Waals surface area contributed by atoms with Crippen molar-refractivity contribution in [2.24, 2.45) is 5.73 Å². The van der Waals surface area contributed by atoms with Gasteiger partial charge >= 0.3 is 0 Å². The fraction of sp³-hybridized carbons (Fsp3) is 0.143. The lowest BCUT2D eigenvalue weighted by molar-refractivity contribution is 0.628. The third-order valence-corrected chi connectivity index (χ3v) is 2.93. The van der Waals surface area contributed by atoms with Gasteiger partial charge in [-0.2, -0.15) is 0 Å². The number of hydrogen-bond acceptors (Lipinski definition) is 1. The Morgan fingerprint density at radius 2 is 1.65 bits per heavy atom. The van der Waals surface area contributed by atoms with Gasteiger partial charge < -0.3 is 5.73 Å². The van der Waals surface area contributed by atoms with E-state index >= 15 is 0 Å². The smallest absolute Gasteiger partial charge is 0.141 e. The van der Waals surface area contributed by atoms with Gasteiger partial charge in [-0.3, -0.25) is 0 Å². The summed E-state index contributed by atoms with van der Waals surface area (Å²) in [5.74, 6) is -0.393. The normalized spacial score (nSPS) is 10.5. The van der Waals surface area contributed by atoms with Gasteiger partial charge in [0.2, 0.25) is 0 Å². The molecule has 0 spiro atoms. The van der Waals surface area contributed by atoms with E-state index in [1.807, 2.05) is 24.3 Å². The molecule has 2 aromatic carbocycles. The van der Waals surface area contributed by atoms with Crippen molar-refractivity contribution in [1.82, 2.24) is 0 Å². The molecule has 1 nitrogen and oxygen atoms in total. The lowest BCUT2D eigenvalue weighted by Gasteiger charge is -2.04. The van der Waals surface area contributed by atoms with E-state index in [-0.39, 0.29) is 5.02 Å². The van der Waals surface area contributed by atoms with Crippen molar-refractivity contribution in [3.63, 3.8) is 0 Å². The topological polar surface area (TPSA) is 26.0 Å². The molecule has 17 heavy (non-hydrogen) atoms. The van der Waals surface area contributed by atoms with Crippen LogP contribution in [0.2, 0.25) is 5.02 Å². The lowest BCUT2D eigenvalue weighted by atomic mass is 10.0. The second kappa shape index (κ2) is 5.30. The van der Waals surface area contributed by atoms with Gasteiger partial charge in [0.05, 0.1) is 5.02 Å². The first-order chi connectivity index (χ1) is 8.20. The molecule has 3 heteroatoms. The lowest BCUT2D eigenvalue weighted by Crippen LogP contribution is -2.02. The Morgan fingerprint density at radius 1 is 1.00 bits per heavy atom. The number of hydrogen-bond donors (Lipinski definition) is 1. The zero-order valence-corrected chi connectivity index (χ0v) is 10.0. The molecule has 0 saturated heterocycles. The van der Waals surface area contributed by atoms with Gasteiger partial charge in [-0.15, -0.1) is 0 Å². The minimum atomic E-state index is -0.393. The molecule has 2 aromatic rings. The Morgan fingerprint density at radius 3 is 2.24 bits per heavy atom. The van der Waals surface area contributed by atoms with E-state index in [4.69, 9.17) is 17.3 Å². The quantitative estimate of drug-likeness (QED) is 0.883. The standard InChI is InChI=1S/C14H13ClFN/c15-13-9-12(5-6-14(13)16)11-3-1-10(2-4-11)7-8-17/h1-6,9H,7-8,17H2. The van der Waals surface area contributed by atoms with E-state index < -0.39 is 5.82 Å². The van der Waals surface area contributed by atoms with Gasteiger partial charge in [-0.05, 0) is 41.8 Å². The maximum Gasteiger partial charge on any atom is 0.141 e. The van der Waals surface area contributed by atoms with Crippen molar-refractivity contribution < 1.29 is 4.39 Å². The predicted molar refractivity (Wildman–Crippen MR) is 69.6 cm³/mol. The van der Waals surface area contributed by atoms with E-state index in [1.54, 1.807) is 12.1 Å². The zero-order chi connectivity index (χ0) is 12.3. The van der Waals surface area contributed by atoms with Crippen LogP contribution < -0.4 is 5.73 Å². The van der Waals surface area contributed by atoms with Crippen LogP contribution in [0.15, 0.2) is 42.5 Å². The molecular weight excluding hydrogens is 237 g/mol. The van der Waals surface area contributed by atoms with Crippen molar-refractivity contribution in [3.8, 4) is 11.1 Å². The predicted octanol–water partition coefficient (Wildman–Crippen LogP) is 3.65. The average Bonchev–Trinajstić information content (AvgIpc) is 2.34. The summed E-state index contributed by atoms with van der Waals surface area (Å²) in [5, 5.41) is 0.147. The molecule has 2 rings (SSSR count). The van der Waals surface area contributed by atoms with E-state index in [2.05, 4.69) is 0 Å². The molecule has 0 unspecified atom stereocenters.